The van der Waals surface area contributed by atoms with Crippen molar-refractivity contribution in [3.05, 3.63) is 12.4 Å². The van der Waals surface area contributed by atoms with Crippen LogP contribution in [0.25, 0.3) is 0 Å². The lowest BCUT2D eigenvalue weighted by Crippen LogP contribution is -2.61. The van der Waals surface area contributed by atoms with Crippen molar-refractivity contribution in [3.63, 3.8) is 0 Å². The molecule has 2 atom stereocenters. The highest BCUT2D eigenvalue weighted by molar-refractivity contribution is 5.48. The molecule has 21 heavy (non-hydrogen) atoms. The molecule has 4 saturated carbocycles. The van der Waals surface area contributed by atoms with Crippen LogP contribution in [0.1, 0.15) is 52.4 Å². The van der Waals surface area contributed by atoms with Crippen LogP contribution in [-0.2, 0) is 0 Å². The maximum Gasteiger partial charge on any atom is 0.131 e. The molecule has 0 radical (unpaired) electrons. The molecule has 4 nitrogen and oxygen atoms in total. The maximum absolute atomic E-state index is 4.45. The number of hydrogen-bond donors (Lipinski definition) is 2. The number of hydrogen-bond acceptors (Lipinski definition) is 4. The van der Waals surface area contributed by atoms with E-state index in [1.807, 2.05) is 13.1 Å². The molecule has 0 aromatic carbocycles. The van der Waals surface area contributed by atoms with Crippen LogP contribution in [-0.4, -0.2) is 22.6 Å². The first-order valence-electron chi connectivity index (χ1n) is 8.20. The zero-order valence-electron chi connectivity index (χ0n) is 13.4. The van der Waals surface area contributed by atoms with E-state index in [0.717, 1.165) is 17.6 Å². The average molecular weight is 286 g/mol. The molecule has 2 N–H and O–H groups in total. The molecule has 5 rings (SSSR count). The summed E-state index contributed by atoms with van der Waals surface area (Å²) in [4.78, 5) is 8.66. The first kappa shape index (κ1) is 13.4. The fourth-order valence-corrected chi connectivity index (χ4v) is 6.42. The summed E-state index contributed by atoms with van der Waals surface area (Å²) in [5.41, 5.74) is 1.31. The molecule has 114 valence electrons. The molecule has 4 heteroatoms. The van der Waals surface area contributed by atoms with E-state index in [4.69, 9.17) is 0 Å². The van der Waals surface area contributed by atoms with Crippen molar-refractivity contribution < 1.29 is 0 Å². The van der Waals surface area contributed by atoms with Gasteiger partial charge in [-0.1, -0.05) is 13.8 Å². The van der Waals surface area contributed by atoms with Gasteiger partial charge < -0.3 is 10.6 Å². The van der Waals surface area contributed by atoms with Crippen LogP contribution in [0.2, 0.25) is 0 Å². The molecule has 0 aliphatic heterocycles. The minimum atomic E-state index is 0.252. The molecule has 0 saturated heterocycles. The van der Waals surface area contributed by atoms with E-state index in [2.05, 4.69) is 34.4 Å². The SMILES string of the molecule is CNc1cc(NC23CC4CC(C)(CC(C)(C4)C2)C3)ncn1. The van der Waals surface area contributed by atoms with Crippen LogP contribution in [0.15, 0.2) is 12.4 Å². The van der Waals surface area contributed by atoms with Crippen LogP contribution >= 0.6 is 0 Å². The van der Waals surface area contributed by atoms with E-state index in [9.17, 15) is 0 Å². The highest BCUT2D eigenvalue weighted by Crippen LogP contribution is 2.66. The quantitative estimate of drug-likeness (QED) is 0.890. The summed E-state index contributed by atoms with van der Waals surface area (Å²) in [6, 6.07) is 2.03. The summed E-state index contributed by atoms with van der Waals surface area (Å²) in [7, 11) is 1.90. The van der Waals surface area contributed by atoms with Gasteiger partial charge in [-0.2, -0.15) is 0 Å². The molecule has 1 heterocycles. The second-order valence-corrected chi connectivity index (χ2v) is 8.57. The first-order valence-corrected chi connectivity index (χ1v) is 8.20. The first-order chi connectivity index (χ1) is 9.92. The lowest BCUT2D eigenvalue weighted by Gasteiger charge is -2.65. The van der Waals surface area contributed by atoms with E-state index < -0.39 is 0 Å². The minimum absolute atomic E-state index is 0.252. The molecule has 1 aromatic rings. The Morgan fingerprint density at radius 3 is 2.29 bits per heavy atom. The van der Waals surface area contributed by atoms with Crippen molar-refractivity contribution in [1.29, 1.82) is 0 Å². The van der Waals surface area contributed by atoms with E-state index in [1.165, 1.54) is 38.5 Å². The van der Waals surface area contributed by atoms with Gasteiger partial charge in [-0.25, -0.2) is 9.97 Å². The van der Waals surface area contributed by atoms with Crippen LogP contribution in [0.4, 0.5) is 11.6 Å². The molecule has 0 amide bonds. The molecule has 1 aromatic heterocycles. The van der Waals surface area contributed by atoms with Gasteiger partial charge in [0.05, 0.1) is 0 Å². The molecule has 4 aliphatic rings. The van der Waals surface area contributed by atoms with Gasteiger partial charge in [0.15, 0.2) is 0 Å². The molecule has 4 aliphatic carbocycles. The third-order valence-electron chi connectivity index (χ3n) is 5.94. The predicted molar refractivity (Wildman–Crippen MR) is 85.3 cm³/mol. The van der Waals surface area contributed by atoms with Crippen LogP contribution < -0.4 is 10.6 Å². The Labute approximate surface area is 127 Å². The van der Waals surface area contributed by atoms with Gasteiger partial charge in [-0.15, -0.1) is 0 Å². The Balaban J connectivity index is 1.65. The van der Waals surface area contributed by atoms with E-state index in [0.29, 0.717) is 10.8 Å². The number of nitrogens with one attached hydrogen (secondary N) is 2. The summed E-state index contributed by atoms with van der Waals surface area (Å²) >= 11 is 0. The minimum Gasteiger partial charge on any atom is -0.373 e. The summed E-state index contributed by atoms with van der Waals surface area (Å²) in [6.45, 7) is 5.01. The number of aromatic nitrogens is 2. The molecular formula is C17H26N4. The number of nitrogens with zero attached hydrogens (tertiary/aromatic N) is 2. The Hall–Kier alpha value is -1.32. The van der Waals surface area contributed by atoms with Gasteiger partial charge in [0.1, 0.15) is 18.0 Å². The second kappa shape index (κ2) is 4.11. The van der Waals surface area contributed by atoms with Crippen molar-refractivity contribution in [3.8, 4) is 0 Å². The van der Waals surface area contributed by atoms with Gasteiger partial charge in [-0.05, 0) is 55.3 Å². The van der Waals surface area contributed by atoms with Gasteiger partial charge in [0.25, 0.3) is 0 Å². The van der Waals surface area contributed by atoms with Crippen molar-refractivity contribution in [2.45, 2.75) is 57.9 Å². The number of anilines is 2. The molecule has 2 unspecified atom stereocenters. The van der Waals surface area contributed by atoms with Crippen LogP contribution in [0, 0.1) is 16.7 Å². The fourth-order valence-electron chi connectivity index (χ4n) is 6.42. The molecule has 0 spiro atoms. The zero-order chi connectivity index (χ0) is 14.7. The summed E-state index contributed by atoms with van der Waals surface area (Å²) < 4.78 is 0. The third-order valence-corrected chi connectivity index (χ3v) is 5.94. The van der Waals surface area contributed by atoms with Crippen molar-refractivity contribution in [1.82, 2.24) is 9.97 Å². The monoisotopic (exact) mass is 286 g/mol. The van der Waals surface area contributed by atoms with Crippen LogP contribution in [0.5, 0.6) is 0 Å². The average Bonchev–Trinajstić information content (AvgIpc) is 2.33. The Morgan fingerprint density at radius 2 is 1.67 bits per heavy atom. The Kier molecular flexibility index (Phi) is 2.61. The zero-order valence-corrected chi connectivity index (χ0v) is 13.4. The topological polar surface area (TPSA) is 49.8 Å². The largest absolute Gasteiger partial charge is 0.373 e. The fraction of sp³-hybridized carbons (Fsp3) is 0.765. The lowest BCUT2D eigenvalue weighted by atomic mass is 9.43. The van der Waals surface area contributed by atoms with Crippen molar-refractivity contribution >= 4 is 11.6 Å². The molecule has 4 bridgehead atoms. The standard InChI is InChI=1S/C17H26N4/c1-15-5-12-6-16(2,8-15)10-17(7-12,9-15)21-14-4-13(18-3)19-11-20-14/h4,11-12H,5-10H2,1-3H3,(H2,18,19,20,21). The molecular weight excluding hydrogens is 260 g/mol. The van der Waals surface area contributed by atoms with Gasteiger partial charge >= 0.3 is 0 Å². The Bertz CT molecular complexity index is 552. The lowest BCUT2D eigenvalue weighted by molar-refractivity contribution is -0.0973. The molecule has 4 fully saturated rings. The summed E-state index contributed by atoms with van der Waals surface area (Å²) in [5, 5.41) is 6.92. The van der Waals surface area contributed by atoms with E-state index in [-0.39, 0.29) is 5.54 Å². The van der Waals surface area contributed by atoms with E-state index >= 15 is 0 Å². The highest BCUT2D eigenvalue weighted by Gasteiger charge is 2.60. The maximum atomic E-state index is 4.45. The number of rotatable bonds is 3. The third kappa shape index (κ3) is 2.19. The smallest absolute Gasteiger partial charge is 0.131 e. The Morgan fingerprint density at radius 1 is 1.00 bits per heavy atom. The van der Waals surface area contributed by atoms with E-state index in [1.54, 1.807) is 6.33 Å². The normalized spacial score (nSPS) is 43.9. The van der Waals surface area contributed by atoms with Crippen molar-refractivity contribution in [2.75, 3.05) is 17.7 Å². The highest BCUT2D eigenvalue weighted by atomic mass is 15.1. The predicted octanol–water partition coefficient (Wildman–Crippen LogP) is 3.68. The second-order valence-electron chi connectivity index (χ2n) is 8.57. The summed E-state index contributed by atoms with van der Waals surface area (Å²) in [5.74, 6) is 2.76. The van der Waals surface area contributed by atoms with Gasteiger partial charge in [-0.3, -0.25) is 0 Å². The van der Waals surface area contributed by atoms with Gasteiger partial charge in [0.2, 0.25) is 0 Å². The summed E-state index contributed by atoms with van der Waals surface area (Å²) in [6.07, 6.45) is 9.83. The van der Waals surface area contributed by atoms with Crippen LogP contribution in [0.3, 0.4) is 0 Å². The van der Waals surface area contributed by atoms with Gasteiger partial charge in [0, 0.05) is 18.7 Å². The van der Waals surface area contributed by atoms with Crippen molar-refractivity contribution in [2.24, 2.45) is 16.7 Å².